The Morgan fingerprint density at radius 3 is 2.53 bits per heavy atom. The first-order chi connectivity index (χ1) is 8.24. The first kappa shape index (κ1) is 13.8. The van der Waals surface area contributed by atoms with Crippen LogP contribution in [0, 0.1) is 5.82 Å². The van der Waals surface area contributed by atoms with Crippen LogP contribution in [0.5, 0.6) is 5.75 Å². The zero-order valence-corrected chi connectivity index (χ0v) is 10.5. The number of halogens is 1. The molecule has 0 aliphatic carbocycles. The van der Waals surface area contributed by atoms with Gasteiger partial charge >= 0.3 is 0 Å². The number of hydrogen-bond donors (Lipinski definition) is 1. The molecule has 1 rings (SSSR count). The van der Waals surface area contributed by atoms with Crippen molar-refractivity contribution in [3.8, 4) is 5.75 Å². The van der Waals surface area contributed by atoms with Crippen LogP contribution in [0.2, 0.25) is 0 Å². The second kappa shape index (κ2) is 7.93. The van der Waals surface area contributed by atoms with Crippen LogP contribution in [0.4, 0.5) is 10.1 Å². The molecular formula is C14H22FNO. The normalized spacial score (nSPS) is 10.5. The molecule has 96 valence electrons. The number of unbranched alkanes of at least 4 members (excludes halogenated alkanes) is 5. The fraction of sp³-hybridized carbons (Fsp3) is 0.571. The molecule has 1 aromatic rings. The van der Waals surface area contributed by atoms with Crippen molar-refractivity contribution in [2.75, 3.05) is 12.3 Å². The summed E-state index contributed by atoms with van der Waals surface area (Å²) in [7, 11) is 0. The summed E-state index contributed by atoms with van der Waals surface area (Å²) >= 11 is 0. The molecule has 1 aromatic carbocycles. The number of hydrogen-bond acceptors (Lipinski definition) is 2. The summed E-state index contributed by atoms with van der Waals surface area (Å²) in [5.74, 6) is -0.0799. The fourth-order valence-electron chi connectivity index (χ4n) is 1.70. The van der Waals surface area contributed by atoms with Gasteiger partial charge in [0.1, 0.15) is 0 Å². The predicted octanol–water partition coefficient (Wildman–Crippen LogP) is 4.15. The van der Waals surface area contributed by atoms with Crippen molar-refractivity contribution < 1.29 is 9.13 Å². The van der Waals surface area contributed by atoms with Gasteiger partial charge in [0.15, 0.2) is 11.6 Å². The smallest absolute Gasteiger partial charge is 0.167 e. The lowest BCUT2D eigenvalue weighted by Crippen LogP contribution is -1.99. The van der Waals surface area contributed by atoms with E-state index < -0.39 is 0 Å². The van der Waals surface area contributed by atoms with Crippen LogP contribution < -0.4 is 10.5 Å². The molecule has 2 nitrogen and oxygen atoms in total. The van der Waals surface area contributed by atoms with E-state index in [1.54, 1.807) is 12.1 Å². The molecule has 0 amide bonds. The quantitative estimate of drug-likeness (QED) is 0.546. The van der Waals surface area contributed by atoms with Crippen molar-refractivity contribution in [3.63, 3.8) is 0 Å². The Bertz CT molecular complexity index is 328. The monoisotopic (exact) mass is 239 g/mol. The van der Waals surface area contributed by atoms with Gasteiger partial charge in [-0.3, -0.25) is 0 Å². The molecule has 0 bridgehead atoms. The minimum absolute atomic E-state index is 0.299. The highest BCUT2D eigenvalue weighted by atomic mass is 19.1. The summed E-state index contributed by atoms with van der Waals surface area (Å²) in [5.41, 5.74) is 5.88. The summed E-state index contributed by atoms with van der Waals surface area (Å²) in [5, 5.41) is 0. The van der Waals surface area contributed by atoms with Gasteiger partial charge in [-0.15, -0.1) is 0 Å². The van der Waals surface area contributed by atoms with E-state index in [0.29, 0.717) is 18.0 Å². The molecule has 0 heterocycles. The van der Waals surface area contributed by atoms with Crippen LogP contribution in [0.1, 0.15) is 45.4 Å². The van der Waals surface area contributed by atoms with Gasteiger partial charge in [0.2, 0.25) is 0 Å². The lowest BCUT2D eigenvalue weighted by molar-refractivity contribution is 0.290. The van der Waals surface area contributed by atoms with Crippen LogP contribution in [0.3, 0.4) is 0 Å². The molecule has 2 N–H and O–H groups in total. The van der Waals surface area contributed by atoms with E-state index >= 15 is 0 Å². The topological polar surface area (TPSA) is 35.2 Å². The SMILES string of the molecule is CCCCCCCCOc1ccc(N)cc1F. The highest BCUT2D eigenvalue weighted by Crippen LogP contribution is 2.19. The Morgan fingerprint density at radius 1 is 1.12 bits per heavy atom. The van der Waals surface area contributed by atoms with Crippen LogP contribution in [0.25, 0.3) is 0 Å². The number of nitrogens with two attached hydrogens (primary N) is 1. The van der Waals surface area contributed by atoms with Gasteiger partial charge in [0.05, 0.1) is 6.61 Å². The molecule has 0 fully saturated rings. The Kier molecular flexibility index (Phi) is 6.45. The van der Waals surface area contributed by atoms with Gasteiger partial charge in [-0.05, 0) is 18.6 Å². The molecule has 17 heavy (non-hydrogen) atoms. The van der Waals surface area contributed by atoms with Crippen LogP contribution in [0.15, 0.2) is 18.2 Å². The number of ether oxygens (including phenoxy) is 1. The molecule has 0 aliphatic rings. The van der Waals surface area contributed by atoms with Crippen molar-refractivity contribution in [2.24, 2.45) is 0 Å². The van der Waals surface area contributed by atoms with E-state index in [-0.39, 0.29) is 5.82 Å². The van der Waals surface area contributed by atoms with E-state index in [9.17, 15) is 4.39 Å². The third-order valence-electron chi connectivity index (χ3n) is 2.71. The largest absolute Gasteiger partial charge is 0.491 e. The first-order valence-electron chi connectivity index (χ1n) is 6.42. The van der Waals surface area contributed by atoms with Crippen molar-refractivity contribution in [3.05, 3.63) is 24.0 Å². The van der Waals surface area contributed by atoms with E-state index in [4.69, 9.17) is 10.5 Å². The van der Waals surface area contributed by atoms with Gasteiger partial charge in [-0.2, -0.15) is 0 Å². The Hall–Kier alpha value is -1.25. The number of rotatable bonds is 8. The Labute approximate surface area is 103 Å². The maximum absolute atomic E-state index is 13.3. The molecular weight excluding hydrogens is 217 g/mol. The van der Waals surface area contributed by atoms with Gasteiger partial charge in [0.25, 0.3) is 0 Å². The van der Waals surface area contributed by atoms with E-state index in [1.165, 1.54) is 31.7 Å². The molecule has 0 saturated carbocycles. The van der Waals surface area contributed by atoms with Crippen LogP contribution in [-0.4, -0.2) is 6.61 Å². The summed E-state index contributed by atoms with van der Waals surface area (Å²) in [6.07, 6.45) is 7.21. The lowest BCUT2D eigenvalue weighted by Gasteiger charge is -2.07. The highest BCUT2D eigenvalue weighted by Gasteiger charge is 2.02. The predicted molar refractivity (Wildman–Crippen MR) is 69.7 cm³/mol. The van der Waals surface area contributed by atoms with E-state index in [2.05, 4.69) is 6.92 Å². The summed E-state index contributed by atoms with van der Waals surface area (Å²) in [6, 6.07) is 4.53. The lowest BCUT2D eigenvalue weighted by atomic mass is 10.1. The molecule has 0 aliphatic heterocycles. The third-order valence-corrected chi connectivity index (χ3v) is 2.71. The fourth-order valence-corrected chi connectivity index (χ4v) is 1.70. The third kappa shape index (κ3) is 5.57. The van der Waals surface area contributed by atoms with Gasteiger partial charge in [0, 0.05) is 11.8 Å². The molecule has 0 aromatic heterocycles. The molecule has 0 saturated heterocycles. The standard InChI is InChI=1S/C14H22FNO/c1-2-3-4-5-6-7-10-17-14-9-8-12(16)11-13(14)15/h8-9,11H,2-7,10,16H2,1H3. The second-order valence-corrected chi connectivity index (χ2v) is 4.31. The van der Waals surface area contributed by atoms with Crippen molar-refractivity contribution in [1.29, 1.82) is 0 Å². The zero-order chi connectivity index (χ0) is 12.5. The minimum atomic E-state index is -0.379. The molecule has 0 unspecified atom stereocenters. The van der Waals surface area contributed by atoms with Crippen molar-refractivity contribution in [1.82, 2.24) is 0 Å². The number of nitrogen functional groups attached to an aromatic ring is 1. The van der Waals surface area contributed by atoms with Crippen molar-refractivity contribution >= 4 is 5.69 Å². The maximum atomic E-state index is 13.3. The molecule has 0 atom stereocenters. The maximum Gasteiger partial charge on any atom is 0.167 e. The Morgan fingerprint density at radius 2 is 1.82 bits per heavy atom. The van der Waals surface area contributed by atoms with E-state index in [1.807, 2.05) is 0 Å². The number of benzene rings is 1. The van der Waals surface area contributed by atoms with Crippen LogP contribution >= 0.6 is 0 Å². The zero-order valence-electron chi connectivity index (χ0n) is 10.5. The summed E-state index contributed by atoms with van der Waals surface area (Å²) in [6.45, 7) is 2.78. The Balaban J connectivity index is 2.14. The van der Waals surface area contributed by atoms with Crippen LogP contribution in [-0.2, 0) is 0 Å². The molecule has 0 radical (unpaired) electrons. The average Bonchev–Trinajstić information content (AvgIpc) is 2.30. The summed E-state index contributed by atoms with van der Waals surface area (Å²) < 4.78 is 18.7. The minimum Gasteiger partial charge on any atom is -0.491 e. The molecule has 0 spiro atoms. The van der Waals surface area contributed by atoms with E-state index in [0.717, 1.165) is 12.8 Å². The summed E-state index contributed by atoms with van der Waals surface area (Å²) in [4.78, 5) is 0. The van der Waals surface area contributed by atoms with Crippen molar-refractivity contribution in [2.45, 2.75) is 45.4 Å². The van der Waals surface area contributed by atoms with Gasteiger partial charge < -0.3 is 10.5 Å². The number of anilines is 1. The average molecular weight is 239 g/mol. The van der Waals surface area contributed by atoms with Gasteiger partial charge in [-0.1, -0.05) is 39.0 Å². The highest BCUT2D eigenvalue weighted by molar-refractivity contribution is 5.42. The second-order valence-electron chi connectivity index (χ2n) is 4.31. The molecule has 3 heteroatoms. The van der Waals surface area contributed by atoms with Gasteiger partial charge in [-0.25, -0.2) is 4.39 Å². The first-order valence-corrected chi connectivity index (χ1v) is 6.42.